The Balaban J connectivity index is 2.11. The van der Waals surface area contributed by atoms with Gasteiger partial charge < -0.3 is 15.6 Å². The van der Waals surface area contributed by atoms with Crippen LogP contribution in [0.5, 0.6) is 5.75 Å². The number of aromatic carboxylic acids is 1. The lowest BCUT2D eigenvalue weighted by Crippen LogP contribution is -2.31. The Hall–Kier alpha value is -3.02. The quantitative estimate of drug-likeness (QED) is 0.540. The van der Waals surface area contributed by atoms with Crippen LogP contribution in [0.25, 0.3) is 0 Å². The van der Waals surface area contributed by atoms with Crippen LogP contribution in [0.1, 0.15) is 21.6 Å². The predicted molar refractivity (Wildman–Crippen MR) is 110 cm³/mol. The monoisotopic (exact) mass is 451 g/mol. The number of nitrogens with two attached hydrogens (primary N) is 1. The van der Waals surface area contributed by atoms with E-state index in [0.29, 0.717) is 11.3 Å². The number of carbonyl (C=O) groups is 1. The van der Waals surface area contributed by atoms with Gasteiger partial charge in [0.2, 0.25) is 0 Å². The molecule has 0 bridgehead atoms. The zero-order valence-corrected chi connectivity index (χ0v) is 17.4. The molecule has 0 aliphatic carbocycles. The Kier molecular flexibility index (Phi) is 6.34. The lowest BCUT2D eigenvalue weighted by atomic mass is 10.2. The summed E-state index contributed by atoms with van der Waals surface area (Å²) in [5.74, 6) is -1.55. The SMILES string of the molecule is COc1ccc(CN(c2scnc2C(=O)O)S(=O)(=O)c2ccc(CN)c(F)c2)cc1. The van der Waals surface area contributed by atoms with Crippen molar-refractivity contribution in [3.8, 4) is 5.75 Å². The molecule has 1 aromatic heterocycles. The number of hydrogen-bond acceptors (Lipinski definition) is 7. The van der Waals surface area contributed by atoms with Crippen molar-refractivity contribution >= 4 is 32.3 Å². The first kappa shape index (κ1) is 21.7. The molecule has 3 rings (SSSR count). The van der Waals surface area contributed by atoms with Crippen molar-refractivity contribution in [2.45, 2.75) is 18.0 Å². The highest BCUT2D eigenvalue weighted by molar-refractivity contribution is 7.93. The van der Waals surface area contributed by atoms with Gasteiger partial charge in [0, 0.05) is 12.1 Å². The molecule has 0 saturated heterocycles. The minimum Gasteiger partial charge on any atom is -0.497 e. The largest absolute Gasteiger partial charge is 0.497 e. The molecule has 1 heterocycles. The number of aromatic nitrogens is 1. The summed E-state index contributed by atoms with van der Waals surface area (Å²) in [5, 5.41) is 9.34. The van der Waals surface area contributed by atoms with Gasteiger partial charge in [-0.1, -0.05) is 18.2 Å². The summed E-state index contributed by atoms with van der Waals surface area (Å²) >= 11 is 0.863. The average Bonchev–Trinajstić information content (AvgIpc) is 3.22. The molecule has 0 unspecified atom stereocenters. The standard InChI is InChI=1S/C19H18FN3O5S2/c1-28-14-5-2-12(3-6-14)10-23(18-17(19(24)25)22-11-29-18)30(26,27)15-7-4-13(9-21)16(20)8-15/h2-8,11H,9-10,21H2,1H3,(H,24,25). The molecule has 0 amide bonds. The maximum Gasteiger partial charge on any atom is 0.357 e. The average molecular weight is 452 g/mol. The fraction of sp³-hybridized carbons (Fsp3) is 0.158. The summed E-state index contributed by atoms with van der Waals surface area (Å²) in [6, 6.07) is 10.0. The van der Waals surface area contributed by atoms with Crippen LogP contribution >= 0.6 is 11.3 Å². The Labute approximate surface area is 176 Å². The van der Waals surface area contributed by atoms with Crippen molar-refractivity contribution in [3.05, 3.63) is 70.6 Å². The van der Waals surface area contributed by atoms with Gasteiger partial charge >= 0.3 is 5.97 Å². The molecule has 0 spiro atoms. The third-order valence-corrected chi connectivity index (χ3v) is 7.00. The number of nitrogens with zero attached hydrogens (tertiary/aromatic N) is 2. The third kappa shape index (κ3) is 4.27. The van der Waals surface area contributed by atoms with Gasteiger partial charge in [-0.25, -0.2) is 22.6 Å². The summed E-state index contributed by atoms with van der Waals surface area (Å²) in [6.45, 7) is -0.269. The second-order valence-corrected chi connectivity index (χ2v) is 8.82. The number of benzene rings is 2. The number of carboxylic acids is 1. The molecule has 0 atom stereocenters. The lowest BCUT2D eigenvalue weighted by molar-refractivity contribution is 0.0692. The minimum absolute atomic E-state index is 0.0818. The summed E-state index contributed by atoms with van der Waals surface area (Å²) in [7, 11) is -2.81. The van der Waals surface area contributed by atoms with Gasteiger partial charge in [0.25, 0.3) is 10.0 Å². The molecule has 3 aromatic rings. The Bertz CT molecular complexity index is 1160. The summed E-state index contributed by atoms with van der Waals surface area (Å²) in [4.78, 5) is 15.0. The molecule has 8 nitrogen and oxygen atoms in total. The number of rotatable bonds is 8. The minimum atomic E-state index is -4.31. The second kappa shape index (κ2) is 8.78. The molecule has 0 saturated carbocycles. The van der Waals surface area contributed by atoms with E-state index in [-0.39, 0.29) is 28.5 Å². The maximum atomic E-state index is 14.2. The van der Waals surface area contributed by atoms with Gasteiger partial charge in [-0.3, -0.25) is 4.31 Å². The highest BCUT2D eigenvalue weighted by atomic mass is 32.2. The number of carboxylic acid groups (broad SMARTS) is 1. The number of halogens is 1. The molecule has 158 valence electrons. The van der Waals surface area contributed by atoms with Gasteiger partial charge in [0.05, 0.1) is 24.1 Å². The van der Waals surface area contributed by atoms with E-state index < -0.39 is 27.5 Å². The van der Waals surface area contributed by atoms with Crippen LogP contribution in [0, 0.1) is 5.82 Å². The first-order valence-electron chi connectivity index (χ1n) is 8.59. The fourth-order valence-electron chi connectivity index (χ4n) is 2.71. The van der Waals surface area contributed by atoms with Crippen LogP contribution in [0.15, 0.2) is 52.9 Å². The Morgan fingerprint density at radius 1 is 1.27 bits per heavy atom. The molecule has 0 fully saturated rings. The molecule has 0 radical (unpaired) electrons. The predicted octanol–water partition coefficient (Wildman–Crippen LogP) is 2.84. The van der Waals surface area contributed by atoms with Gasteiger partial charge in [-0.15, -0.1) is 11.3 Å². The summed E-state index contributed by atoms with van der Waals surface area (Å²) in [6.07, 6.45) is 0. The van der Waals surface area contributed by atoms with Gasteiger partial charge in [-0.2, -0.15) is 0 Å². The van der Waals surface area contributed by atoms with Crippen molar-refractivity contribution in [1.82, 2.24) is 4.98 Å². The van der Waals surface area contributed by atoms with Crippen molar-refractivity contribution < 1.29 is 27.4 Å². The molecular formula is C19H18FN3O5S2. The second-order valence-electron chi connectivity index (χ2n) is 6.13. The van der Waals surface area contributed by atoms with Crippen LogP contribution in [0.3, 0.4) is 0 Å². The van der Waals surface area contributed by atoms with Gasteiger partial charge in [-0.05, 0) is 29.8 Å². The number of sulfonamides is 1. The topological polar surface area (TPSA) is 123 Å². The Morgan fingerprint density at radius 3 is 2.53 bits per heavy atom. The van der Waals surface area contributed by atoms with Crippen molar-refractivity contribution in [1.29, 1.82) is 0 Å². The van der Waals surface area contributed by atoms with Crippen LogP contribution < -0.4 is 14.8 Å². The highest BCUT2D eigenvalue weighted by Crippen LogP contribution is 2.33. The molecule has 11 heteroatoms. The number of thiazole rings is 1. The number of ether oxygens (including phenoxy) is 1. The number of hydrogen-bond donors (Lipinski definition) is 2. The fourth-order valence-corrected chi connectivity index (χ4v) is 5.19. The molecular weight excluding hydrogens is 433 g/mol. The molecule has 2 aromatic carbocycles. The zero-order valence-electron chi connectivity index (χ0n) is 15.8. The first-order valence-corrected chi connectivity index (χ1v) is 10.9. The van der Waals surface area contributed by atoms with E-state index in [1.54, 1.807) is 24.3 Å². The third-order valence-electron chi connectivity index (χ3n) is 4.30. The van der Waals surface area contributed by atoms with Gasteiger partial charge in [0.15, 0.2) is 5.69 Å². The van der Waals surface area contributed by atoms with E-state index in [4.69, 9.17) is 10.5 Å². The van der Waals surface area contributed by atoms with Crippen molar-refractivity contribution in [2.75, 3.05) is 11.4 Å². The molecule has 0 aliphatic rings. The van der Waals surface area contributed by atoms with E-state index in [2.05, 4.69) is 4.98 Å². The number of methoxy groups -OCH3 is 1. The maximum absolute atomic E-state index is 14.2. The van der Waals surface area contributed by atoms with E-state index in [1.807, 2.05) is 0 Å². The Morgan fingerprint density at radius 2 is 1.97 bits per heavy atom. The summed E-state index contributed by atoms with van der Waals surface area (Å²) in [5.41, 5.74) is 7.02. The normalized spacial score (nSPS) is 11.3. The molecule has 0 aliphatic heterocycles. The smallest absolute Gasteiger partial charge is 0.357 e. The van der Waals surface area contributed by atoms with Gasteiger partial charge in [0.1, 0.15) is 16.6 Å². The lowest BCUT2D eigenvalue weighted by Gasteiger charge is -2.23. The van der Waals surface area contributed by atoms with Crippen LogP contribution in [-0.2, 0) is 23.1 Å². The molecule has 30 heavy (non-hydrogen) atoms. The van der Waals surface area contributed by atoms with E-state index in [9.17, 15) is 22.7 Å². The summed E-state index contributed by atoms with van der Waals surface area (Å²) < 4.78 is 47.0. The van der Waals surface area contributed by atoms with E-state index >= 15 is 0 Å². The van der Waals surface area contributed by atoms with Crippen LogP contribution in [0.2, 0.25) is 0 Å². The van der Waals surface area contributed by atoms with Crippen LogP contribution in [0.4, 0.5) is 9.39 Å². The number of anilines is 1. The van der Waals surface area contributed by atoms with Crippen molar-refractivity contribution in [3.63, 3.8) is 0 Å². The highest BCUT2D eigenvalue weighted by Gasteiger charge is 2.31. The first-order chi connectivity index (χ1) is 14.3. The molecule has 3 N–H and O–H groups in total. The van der Waals surface area contributed by atoms with E-state index in [0.717, 1.165) is 21.7 Å². The van der Waals surface area contributed by atoms with E-state index in [1.165, 1.54) is 24.8 Å². The van der Waals surface area contributed by atoms with Crippen LogP contribution in [-0.4, -0.2) is 31.6 Å². The zero-order chi connectivity index (χ0) is 21.9. The van der Waals surface area contributed by atoms with Crippen molar-refractivity contribution in [2.24, 2.45) is 5.73 Å².